The van der Waals surface area contributed by atoms with Crippen LogP contribution in [0.15, 0.2) is 103 Å². The minimum Gasteiger partial charge on any atom is -0.508 e. The number of benzene rings is 6. The maximum absolute atomic E-state index is 16.8. The molecule has 7 heterocycles. The second-order valence-electron chi connectivity index (χ2n) is 35.2. The van der Waals surface area contributed by atoms with Crippen molar-refractivity contribution < 1.29 is 127 Å². The van der Waals surface area contributed by atoms with Gasteiger partial charge in [0.05, 0.1) is 53.7 Å². The Morgan fingerprint density at radius 3 is 1.94 bits per heavy atom. The van der Waals surface area contributed by atoms with E-state index in [1.807, 2.05) is 13.8 Å². The molecule has 16 N–H and O–H groups in total. The highest BCUT2D eigenvalue weighted by Gasteiger charge is 2.53. The van der Waals surface area contributed by atoms with Crippen molar-refractivity contribution in [2.75, 3.05) is 26.9 Å². The number of aliphatic hydroxyl groups excluding tert-OH is 6. The number of phenols is 3. The smallest absolute Gasteiger partial charge is 0.246 e. The molecule has 34 heteroatoms. The summed E-state index contributed by atoms with van der Waals surface area (Å²) in [5.41, 5.74) is 3.95. The number of amides is 6. The molecular formula is C91H106Cl2N6O26. The molecule has 125 heavy (non-hydrogen) atoms. The number of hydrogen-bond donors (Lipinski definition) is 15. The zero-order valence-electron chi connectivity index (χ0n) is 69.7. The fraction of sp³-hybridized carbons (Fsp3) is 0.505. The molecule has 0 aromatic heterocycles. The molecule has 6 fully saturated rings. The van der Waals surface area contributed by atoms with E-state index >= 15 is 28.8 Å². The largest absolute Gasteiger partial charge is 0.508 e. The summed E-state index contributed by atoms with van der Waals surface area (Å²) in [5, 5.41) is 120. The third-order valence-electron chi connectivity index (χ3n) is 25.7. The number of aromatic hydroxyl groups is 3. The molecule has 6 amide bonds. The first kappa shape index (κ1) is 91.3. The summed E-state index contributed by atoms with van der Waals surface area (Å²) in [6.07, 6.45) is -16.0. The predicted octanol–water partition coefficient (Wildman–Crippen LogP) is 7.89. The number of fused-ring (bicyclic) bond motifs is 15. The van der Waals surface area contributed by atoms with Crippen LogP contribution in [0.3, 0.4) is 0 Å². The van der Waals surface area contributed by atoms with Gasteiger partial charge in [0.25, 0.3) is 0 Å². The number of hydrogen-bond acceptors (Lipinski definition) is 27. The molecule has 4 aliphatic carbocycles. The summed E-state index contributed by atoms with van der Waals surface area (Å²) in [6, 6.07) is 13.4. The SMILES string of the molecule is CC[C@H](CC(C)C)C(=O)N[C@H]1C(=O)C[C@@H](CC(=O)NC(=O)Cc2ccc(OCCOC)cc2)C(=O)N[C@H]2C(=O)C[C@H]3C(=O)N[C@H](C(=O)N[C@H](C(=O)CC4C5CC6CC(C5)CC4C6)c4cc(O)cc(O)c4-c4cc3ccc4O)[C@H](O)c3ccc(c(Cl)c3)Oc3cc2cc(c3O[C@@H]2O[C@H](CO)[C@@H](O)[C@H](O)[C@H]2O[C@H]2C[C@](C)(N)[C@H](O)[C@H](C)O2)Oc2ccc(cc2Cl)[C@H]1O. The summed E-state index contributed by atoms with van der Waals surface area (Å²) in [4.78, 5) is 140. The molecule has 15 bridgehead atoms. The highest BCUT2D eigenvalue weighted by Crippen LogP contribution is 2.59. The van der Waals surface area contributed by atoms with Crippen molar-refractivity contribution in [3.05, 3.63) is 147 Å². The highest BCUT2D eigenvalue weighted by atomic mass is 35.5. The van der Waals surface area contributed by atoms with E-state index in [1.165, 1.54) is 69.5 Å². The summed E-state index contributed by atoms with van der Waals surface area (Å²) < 4.78 is 50.0. The topological polar surface area (TPSA) is 496 Å². The molecule has 32 nitrogen and oxygen atoms in total. The van der Waals surface area contributed by atoms with Crippen molar-refractivity contribution >= 4 is 76.0 Å². The second-order valence-corrected chi connectivity index (χ2v) is 36.0. The van der Waals surface area contributed by atoms with Gasteiger partial charge >= 0.3 is 0 Å². The molecule has 11 aliphatic rings. The van der Waals surface area contributed by atoms with E-state index in [-0.39, 0.29) is 111 Å². The van der Waals surface area contributed by atoms with Gasteiger partial charge in [0.15, 0.2) is 41.2 Å². The number of phenolic OH excluding ortho intramolecular Hbond substituents is 3. The van der Waals surface area contributed by atoms with E-state index < -0.39 is 234 Å². The number of Topliss-reactive ketones (excluding diaryl/α,β-unsaturated/α-hetero) is 3. The van der Waals surface area contributed by atoms with Gasteiger partial charge in [0, 0.05) is 67.9 Å². The monoisotopic (exact) mass is 1770 g/mol. The van der Waals surface area contributed by atoms with E-state index in [1.54, 1.807) is 31.2 Å². The van der Waals surface area contributed by atoms with Crippen LogP contribution in [0, 0.1) is 47.3 Å². The minimum atomic E-state index is -2.25. The zero-order valence-corrected chi connectivity index (χ0v) is 71.2. The van der Waals surface area contributed by atoms with Crippen molar-refractivity contribution in [1.82, 2.24) is 26.6 Å². The van der Waals surface area contributed by atoms with Crippen LogP contribution in [-0.2, 0) is 68.5 Å². The number of halogens is 2. The highest BCUT2D eigenvalue weighted by molar-refractivity contribution is 6.32. The van der Waals surface area contributed by atoms with Gasteiger partial charge in [0.1, 0.15) is 95.8 Å². The quantitative estimate of drug-likeness (QED) is 0.0304. The van der Waals surface area contributed by atoms with Gasteiger partial charge in [-0.1, -0.05) is 74.3 Å². The van der Waals surface area contributed by atoms with Crippen LogP contribution in [0.4, 0.5) is 0 Å². The fourth-order valence-electron chi connectivity index (χ4n) is 19.4. The first-order valence-corrected chi connectivity index (χ1v) is 43.1. The standard InChI is InChI=1S/C91H106Cl2N6O26/c1-7-45(20-40(2)3)86(114)98-77-63(104)30-52(33-72(108)95-71(107)26-42-8-13-54(14-9-42)119-19-18-118-6)87(115)96-75-51-31-68(121-66-16-11-47(79(77)109)28-59(66)92)83(125-90-84(82(112)81(111)70(39-100)123-90)124-73-38-91(5,94)85(113)41(4)120-73)69(32-51)122-67-17-12-48(29-60(67)93)80(110)78-89(117)97-76(65(106)36-55-49-22-43-21-44(24-49)25-50(55)23-43)58-34-53(101)35-62(103)74(58)57-27-46(10-15-61(57)102)56(37-64(75)105)88(116)99-78/h8-17,27-29,31-32,34-35,40-41,43-45,49-50,52,55-56,70,73,75-82,84-85,90,100-103,109-113H,7,18-26,30,33,36-39,94H2,1-6H3,(H,96,115)(H,97,117)(H,98,114)(H,99,116)(H,95,107,108)/t41-,43?,44?,45+,49?,50?,52-,55?,56+,70+,73-,75+,76-,77-,78-,79+,80+,81+,82-,84+,85+,90-,91-/m0/s1. The fourth-order valence-corrected chi connectivity index (χ4v) is 19.8. The van der Waals surface area contributed by atoms with Crippen LogP contribution in [0.25, 0.3) is 11.1 Å². The van der Waals surface area contributed by atoms with Gasteiger partial charge in [0.2, 0.25) is 47.5 Å². The molecule has 2 saturated heterocycles. The average Bonchev–Trinajstić information content (AvgIpc) is 0.731. The Bertz CT molecular complexity index is 5060. The number of carbonyl (C=O) groups is 9. The zero-order chi connectivity index (χ0) is 89.5. The lowest BCUT2D eigenvalue weighted by Gasteiger charge is -2.54. The number of nitrogens with two attached hydrogens (primary N) is 1. The number of ketones is 3. The van der Waals surface area contributed by atoms with Crippen LogP contribution in [0.1, 0.15) is 175 Å². The van der Waals surface area contributed by atoms with E-state index in [0.717, 1.165) is 62.4 Å². The third kappa shape index (κ3) is 20.1. The van der Waals surface area contributed by atoms with E-state index in [4.69, 9.17) is 66.8 Å². The number of imide groups is 1. The second kappa shape index (κ2) is 38.3. The van der Waals surface area contributed by atoms with Crippen LogP contribution < -0.4 is 51.3 Å². The molecule has 0 spiro atoms. The summed E-state index contributed by atoms with van der Waals surface area (Å²) in [6.45, 7) is 8.08. The Morgan fingerprint density at radius 1 is 0.680 bits per heavy atom. The van der Waals surface area contributed by atoms with E-state index in [9.17, 15) is 60.3 Å². The van der Waals surface area contributed by atoms with Gasteiger partial charge < -0.3 is 111 Å². The Hall–Kier alpha value is -9.91. The van der Waals surface area contributed by atoms with Crippen molar-refractivity contribution in [2.24, 2.45) is 53.1 Å². The molecule has 17 rings (SSSR count). The molecule has 4 saturated carbocycles. The Labute approximate surface area is 730 Å². The Morgan fingerprint density at radius 2 is 1.33 bits per heavy atom. The number of methoxy groups -OCH3 is 1. The normalized spacial score (nSPS) is 30.5. The summed E-state index contributed by atoms with van der Waals surface area (Å²) in [7, 11) is 1.51. The lowest BCUT2D eigenvalue weighted by molar-refractivity contribution is -0.333. The van der Waals surface area contributed by atoms with Gasteiger partial charge in [-0.25, -0.2) is 0 Å². The summed E-state index contributed by atoms with van der Waals surface area (Å²) >= 11 is 14.6. The van der Waals surface area contributed by atoms with Gasteiger partial charge in [-0.2, -0.15) is 0 Å². The first-order valence-electron chi connectivity index (χ1n) is 42.3. The number of carbonyl (C=O) groups excluding carboxylic acids is 9. The van der Waals surface area contributed by atoms with E-state index in [0.29, 0.717) is 29.6 Å². The molecule has 6 aromatic carbocycles. The minimum absolute atomic E-state index is 0.0532. The maximum Gasteiger partial charge on any atom is 0.246 e. The lowest BCUT2D eigenvalue weighted by atomic mass is 9.51. The molecule has 18 atom stereocenters. The Kier molecular flexibility index (Phi) is 28.0. The van der Waals surface area contributed by atoms with Crippen molar-refractivity contribution in [2.45, 2.75) is 215 Å². The van der Waals surface area contributed by atoms with Crippen LogP contribution in [0.5, 0.6) is 51.7 Å². The number of rotatable bonds is 21. The molecular weight excluding hydrogens is 1660 g/mol. The lowest BCUT2D eigenvalue weighted by Crippen LogP contribution is -2.64. The number of ether oxygens (including phenoxy) is 8. The number of nitrogens with one attached hydrogen (secondary N) is 5. The number of aliphatic hydroxyl groups is 6. The maximum atomic E-state index is 16.8. The van der Waals surface area contributed by atoms with Crippen LogP contribution in [0.2, 0.25) is 10.0 Å². The molecule has 670 valence electrons. The van der Waals surface area contributed by atoms with Crippen molar-refractivity contribution in [3.63, 3.8) is 0 Å². The third-order valence-corrected chi connectivity index (χ3v) is 26.2. The van der Waals surface area contributed by atoms with Gasteiger partial charge in [-0.3, -0.25) is 48.5 Å². The van der Waals surface area contributed by atoms with Gasteiger partial charge in [-0.05, 0) is 194 Å². The molecule has 6 aromatic rings. The van der Waals surface area contributed by atoms with Crippen molar-refractivity contribution in [3.8, 4) is 62.9 Å². The van der Waals surface area contributed by atoms with Gasteiger partial charge in [-0.15, -0.1) is 0 Å². The molecule has 0 unspecified atom stereocenters. The first-order chi connectivity index (χ1) is 59.5. The Balaban J connectivity index is 0.955. The predicted molar refractivity (Wildman–Crippen MR) is 447 cm³/mol. The van der Waals surface area contributed by atoms with Crippen LogP contribution in [-0.4, -0.2) is 193 Å². The van der Waals surface area contributed by atoms with E-state index in [2.05, 4.69) is 26.6 Å². The van der Waals surface area contributed by atoms with Crippen LogP contribution >= 0.6 is 23.2 Å². The van der Waals surface area contributed by atoms with Crippen molar-refractivity contribution in [1.29, 1.82) is 0 Å². The summed E-state index contributed by atoms with van der Waals surface area (Å²) in [5.74, 6) is -16.6. The molecule has 0 radical (unpaired) electrons. The average molecular weight is 1770 g/mol. The molecule has 7 aliphatic heterocycles.